The van der Waals surface area contributed by atoms with Crippen LogP contribution in [0.3, 0.4) is 0 Å². The van der Waals surface area contributed by atoms with Crippen LogP contribution >= 0.6 is 0 Å². The largest absolute Gasteiger partial charge is 0.393 e. The van der Waals surface area contributed by atoms with Gasteiger partial charge in [-0.3, -0.25) is 10.1 Å². The summed E-state index contributed by atoms with van der Waals surface area (Å²) in [6.07, 6.45) is 4.14. The maximum absolute atomic E-state index is 10.7. The molecule has 1 aliphatic rings. The van der Waals surface area contributed by atoms with E-state index < -0.39 is 4.92 Å². The summed E-state index contributed by atoms with van der Waals surface area (Å²) >= 11 is 0. The molecule has 0 saturated heterocycles. The van der Waals surface area contributed by atoms with Gasteiger partial charge in [0.1, 0.15) is 5.69 Å². The zero-order valence-electron chi connectivity index (χ0n) is 9.50. The summed E-state index contributed by atoms with van der Waals surface area (Å²) in [6.45, 7) is 4.46. The summed E-state index contributed by atoms with van der Waals surface area (Å²) in [7, 11) is 0. The third-order valence-electron chi connectivity index (χ3n) is 2.85. The summed E-state index contributed by atoms with van der Waals surface area (Å²) in [5.74, 6) is 0. The molecule has 1 aromatic carbocycles. The number of nitro groups is 1. The Morgan fingerprint density at radius 1 is 1.59 bits per heavy atom. The van der Waals surface area contributed by atoms with Crippen molar-refractivity contribution >= 4 is 17.1 Å². The fourth-order valence-electron chi connectivity index (χ4n) is 1.88. The first-order valence-corrected chi connectivity index (χ1v) is 5.55. The Bertz CT molecular complexity index is 455. The summed E-state index contributed by atoms with van der Waals surface area (Å²) < 4.78 is 0. The normalized spacial score (nSPS) is 14.4. The van der Waals surface area contributed by atoms with Gasteiger partial charge in [-0.2, -0.15) is 0 Å². The van der Waals surface area contributed by atoms with Crippen molar-refractivity contribution in [2.24, 2.45) is 0 Å². The van der Waals surface area contributed by atoms with Gasteiger partial charge in [0.05, 0.1) is 4.92 Å². The lowest BCUT2D eigenvalue weighted by Gasteiger charge is -2.23. The maximum Gasteiger partial charge on any atom is 0.292 e. The lowest BCUT2D eigenvalue weighted by Crippen LogP contribution is -2.25. The van der Waals surface area contributed by atoms with E-state index in [2.05, 4.69) is 11.5 Å². The number of nitrogen functional groups attached to an aromatic ring is 1. The molecular weight excluding hydrogens is 218 g/mol. The fourth-order valence-corrected chi connectivity index (χ4v) is 1.88. The van der Waals surface area contributed by atoms with Crippen LogP contribution in [0.25, 0.3) is 0 Å². The van der Waals surface area contributed by atoms with E-state index in [4.69, 9.17) is 5.73 Å². The van der Waals surface area contributed by atoms with Crippen molar-refractivity contribution in [1.82, 2.24) is 0 Å². The van der Waals surface area contributed by atoms with E-state index in [0.29, 0.717) is 6.04 Å². The molecular formula is C12H15N3O2. The lowest BCUT2D eigenvalue weighted by atomic mass is 10.2. The lowest BCUT2D eigenvalue weighted by molar-refractivity contribution is -0.383. The molecule has 0 aliphatic heterocycles. The molecule has 1 saturated carbocycles. The second-order valence-corrected chi connectivity index (χ2v) is 4.17. The van der Waals surface area contributed by atoms with Crippen molar-refractivity contribution in [1.29, 1.82) is 0 Å². The molecule has 5 heteroatoms. The Hall–Kier alpha value is -2.04. The number of hydrogen-bond acceptors (Lipinski definition) is 4. The molecule has 0 spiro atoms. The van der Waals surface area contributed by atoms with Gasteiger partial charge in [0.2, 0.25) is 0 Å². The minimum Gasteiger partial charge on any atom is -0.393 e. The first-order valence-electron chi connectivity index (χ1n) is 5.55. The van der Waals surface area contributed by atoms with Crippen molar-refractivity contribution in [3.63, 3.8) is 0 Å². The molecule has 1 aromatic rings. The van der Waals surface area contributed by atoms with Gasteiger partial charge in [-0.25, -0.2) is 0 Å². The molecule has 0 unspecified atom stereocenters. The predicted molar refractivity (Wildman–Crippen MR) is 68.1 cm³/mol. The van der Waals surface area contributed by atoms with Crippen molar-refractivity contribution in [2.45, 2.75) is 18.9 Å². The van der Waals surface area contributed by atoms with Gasteiger partial charge in [0.25, 0.3) is 5.69 Å². The summed E-state index contributed by atoms with van der Waals surface area (Å²) in [5.41, 5.74) is 6.78. The summed E-state index contributed by atoms with van der Waals surface area (Å²) in [4.78, 5) is 12.4. The van der Waals surface area contributed by atoms with Gasteiger partial charge in [-0.05, 0) is 25.0 Å². The quantitative estimate of drug-likeness (QED) is 0.366. The molecule has 0 amide bonds. The highest BCUT2D eigenvalue weighted by Gasteiger charge is 2.29. The van der Waals surface area contributed by atoms with Gasteiger partial charge in [-0.1, -0.05) is 6.08 Å². The van der Waals surface area contributed by atoms with Crippen LogP contribution in [0.1, 0.15) is 12.8 Å². The van der Waals surface area contributed by atoms with Gasteiger partial charge in [-0.15, -0.1) is 6.58 Å². The van der Waals surface area contributed by atoms with Crippen LogP contribution in [0.2, 0.25) is 0 Å². The topological polar surface area (TPSA) is 72.4 Å². The summed E-state index contributed by atoms with van der Waals surface area (Å²) in [6, 6.07) is 5.40. The van der Waals surface area contributed by atoms with Gasteiger partial charge in [0, 0.05) is 24.3 Å². The molecule has 0 atom stereocenters. The molecule has 17 heavy (non-hydrogen) atoms. The number of anilines is 2. The fraction of sp³-hybridized carbons (Fsp3) is 0.333. The third kappa shape index (κ3) is 2.38. The Labute approximate surface area is 99.7 Å². The number of benzene rings is 1. The average Bonchev–Trinajstić information content (AvgIpc) is 3.09. The average molecular weight is 233 g/mol. The number of rotatable bonds is 5. The third-order valence-corrected chi connectivity index (χ3v) is 2.85. The van der Waals surface area contributed by atoms with E-state index in [1.165, 1.54) is 6.07 Å². The van der Waals surface area contributed by atoms with Gasteiger partial charge < -0.3 is 10.6 Å². The monoisotopic (exact) mass is 233 g/mol. The van der Waals surface area contributed by atoms with Crippen LogP contribution < -0.4 is 10.6 Å². The first kappa shape index (κ1) is 11.4. The summed E-state index contributed by atoms with van der Waals surface area (Å²) in [5, 5.41) is 10.7. The van der Waals surface area contributed by atoms with E-state index in [1.54, 1.807) is 12.1 Å². The van der Waals surface area contributed by atoms with E-state index in [9.17, 15) is 10.1 Å². The van der Waals surface area contributed by atoms with Crippen molar-refractivity contribution in [2.75, 3.05) is 17.2 Å². The van der Waals surface area contributed by atoms with Crippen LogP contribution in [0.4, 0.5) is 17.1 Å². The molecule has 1 aliphatic carbocycles. The van der Waals surface area contributed by atoms with Crippen molar-refractivity contribution in [3.8, 4) is 0 Å². The van der Waals surface area contributed by atoms with Gasteiger partial charge >= 0.3 is 0 Å². The number of hydrogen-bond donors (Lipinski definition) is 1. The smallest absolute Gasteiger partial charge is 0.292 e. The van der Waals surface area contributed by atoms with Crippen LogP contribution in [-0.2, 0) is 0 Å². The standard InChI is InChI=1S/C12H15N3O2/c1-2-7-14(9-3-4-9)10-5-6-12(15(16)17)11(13)8-10/h2,5-6,8-9H,1,3-4,7,13H2. The highest BCUT2D eigenvalue weighted by molar-refractivity contribution is 5.67. The molecule has 5 nitrogen and oxygen atoms in total. The first-order chi connectivity index (χ1) is 8.13. The Morgan fingerprint density at radius 3 is 2.76 bits per heavy atom. The Morgan fingerprint density at radius 2 is 2.29 bits per heavy atom. The molecule has 1 fully saturated rings. The molecule has 0 aromatic heterocycles. The maximum atomic E-state index is 10.7. The van der Waals surface area contributed by atoms with E-state index in [0.717, 1.165) is 25.1 Å². The van der Waals surface area contributed by atoms with E-state index in [1.807, 2.05) is 6.08 Å². The minimum absolute atomic E-state index is 0.0388. The number of nitro benzene ring substituents is 1. The second kappa shape index (κ2) is 4.45. The Kier molecular flexibility index (Phi) is 2.99. The molecule has 0 radical (unpaired) electrons. The highest BCUT2D eigenvalue weighted by Crippen LogP contribution is 2.34. The van der Waals surface area contributed by atoms with E-state index >= 15 is 0 Å². The van der Waals surface area contributed by atoms with Crippen LogP contribution in [0.15, 0.2) is 30.9 Å². The number of nitrogens with two attached hydrogens (primary N) is 1. The zero-order valence-corrected chi connectivity index (χ0v) is 9.50. The van der Waals surface area contributed by atoms with Crippen LogP contribution in [0, 0.1) is 10.1 Å². The van der Waals surface area contributed by atoms with E-state index in [-0.39, 0.29) is 11.4 Å². The second-order valence-electron chi connectivity index (χ2n) is 4.17. The van der Waals surface area contributed by atoms with Gasteiger partial charge in [0.15, 0.2) is 0 Å². The Balaban J connectivity index is 2.28. The van der Waals surface area contributed by atoms with Crippen LogP contribution in [0.5, 0.6) is 0 Å². The highest BCUT2D eigenvalue weighted by atomic mass is 16.6. The van der Waals surface area contributed by atoms with Crippen LogP contribution in [-0.4, -0.2) is 17.5 Å². The molecule has 90 valence electrons. The molecule has 2 rings (SSSR count). The SMILES string of the molecule is C=CCN(c1ccc([N+](=O)[O-])c(N)c1)C1CC1. The van der Waals surface area contributed by atoms with Crippen molar-refractivity contribution in [3.05, 3.63) is 41.0 Å². The van der Waals surface area contributed by atoms with Crippen molar-refractivity contribution < 1.29 is 4.92 Å². The number of nitrogens with zero attached hydrogens (tertiary/aromatic N) is 2. The molecule has 2 N–H and O–H groups in total. The minimum atomic E-state index is -0.464. The molecule has 0 heterocycles. The zero-order chi connectivity index (χ0) is 12.4. The predicted octanol–water partition coefficient (Wildman–Crippen LogP) is 2.33. The molecule has 0 bridgehead atoms.